The van der Waals surface area contributed by atoms with Gasteiger partial charge in [-0.1, -0.05) is 0 Å². The predicted octanol–water partition coefficient (Wildman–Crippen LogP) is 0.106. The fraction of sp³-hybridized carbons (Fsp3) is 0.200. The number of carbonyl (C=O) groups is 1. The van der Waals surface area contributed by atoms with E-state index in [0.29, 0.717) is 0 Å². The second-order valence-electron chi connectivity index (χ2n) is 1.30. The van der Waals surface area contributed by atoms with E-state index in [9.17, 15) is 4.79 Å². The van der Waals surface area contributed by atoms with Gasteiger partial charge in [0.05, 0.1) is 11.3 Å². The first kappa shape index (κ1) is 14.6. The van der Waals surface area contributed by atoms with Gasteiger partial charge in [0.15, 0.2) is 5.57 Å². The fourth-order valence-corrected chi connectivity index (χ4v) is 0.572. The van der Waals surface area contributed by atoms with E-state index in [1.807, 2.05) is 0 Å². The normalized spacial score (nSPS) is 7.09. The van der Waals surface area contributed by atoms with Gasteiger partial charge in [-0.2, -0.15) is 5.26 Å². The molecule has 3 nitrogen and oxygen atoms in total. The number of esters is 1. The third kappa shape index (κ3) is 5.30. The second kappa shape index (κ2) is 7.67. The molecule has 0 spiro atoms. The van der Waals surface area contributed by atoms with Crippen LogP contribution in [-0.4, -0.2) is 64.5 Å². The Bertz CT molecular complexity index is 217. The molecule has 0 amide bonds. The standard InChI is InChI=1S/C5H5NO2S2.K.H/c1-8-4(7)3(2-6)5(9)10;;/h9-10H,1H3;;. The number of carbonyl (C=O) groups excluding carboxylic acids is 1. The molecule has 0 radical (unpaired) electrons. The van der Waals surface area contributed by atoms with Gasteiger partial charge in [0.2, 0.25) is 0 Å². The van der Waals surface area contributed by atoms with Crippen molar-refractivity contribution in [2.75, 3.05) is 7.11 Å². The Balaban J connectivity index is 0. The topological polar surface area (TPSA) is 50.1 Å². The summed E-state index contributed by atoms with van der Waals surface area (Å²) in [5.41, 5.74) is -0.186. The summed E-state index contributed by atoms with van der Waals surface area (Å²) in [5, 5.41) is 8.29. The van der Waals surface area contributed by atoms with Crippen molar-refractivity contribution in [1.82, 2.24) is 0 Å². The van der Waals surface area contributed by atoms with E-state index in [0.717, 1.165) is 0 Å². The van der Waals surface area contributed by atoms with Crippen molar-refractivity contribution in [1.29, 1.82) is 5.26 Å². The van der Waals surface area contributed by atoms with Gasteiger partial charge in [0, 0.05) is 0 Å². The van der Waals surface area contributed by atoms with Gasteiger partial charge in [-0.05, 0) is 0 Å². The van der Waals surface area contributed by atoms with Crippen LogP contribution in [0.2, 0.25) is 0 Å². The number of hydrogen-bond donors (Lipinski definition) is 2. The van der Waals surface area contributed by atoms with Crippen molar-refractivity contribution in [3.63, 3.8) is 0 Å². The number of rotatable bonds is 1. The maximum absolute atomic E-state index is 10.6. The van der Waals surface area contributed by atoms with Crippen molar-refractivity contribution in [2.24, 2.45) is 0 Å². The Morgan fingerprint density at radius 2 is 2.00 bits per heavy atom. The van der Waals surface area contributed by atoms with E-state index in [1.165, 1.54) is 7.11 Å². The summed E-state index contributed by atoms with van der Waals surface area (Å²) in [6.07, 6.45) is 0. The number of methoxy groups -OCH3 is 1. The van der Waals surface area contributed by atoms with Gasteiger partial charge in [-0.3, -0.25) is 0 Å². The summed E-state index contributed by atoms with van der Waals surface area (Å²) in [4.78, 5) is 10.6. The van der Waals surface area contributed by atoms with Crippen LogP contribution in [0.3, 0.4) is 0 Å². The van der Waals surface area contributed by atoms with Crippen molar-refractivity contribution < 1.29 is 9.53 Å². The first-order valence-corrected chi connectivity index (χ1v) is 3.13. The Kier molecular flexibility index (Phi) is 10.2. The zero-order valence-corrected chi connectivity index (χ0v) is 6.95. The number of ether oxygens (including phenoxy) is 1. The molecule has 6 heteroatoms. The quantitative estimate of drug-likeness (QED) is 0.214. The molecule has 0 unspecified atom stereocenters. The number of hydrogen-bond acceptors (Lipinski definition) is 5. The first-order valence-electron chi connectivity index (χ1n) is 2.24. The van der Waals surface area contributed by atoms with E-state index in [1.54, 1.807) is 6.07 Å². The van der Waals surface area contributed by atoms with Crippen LogP contribution in [0.5, 0.6) is 0 Å². The van der Waals surface area contributed by atoms with Crippen molar-refractivity contribution >= 4 is 82.6 Å². The van der Waals surface area contributed by atoms with E-state index < -0.39 is 5.97 Å². The molecule has 56 valence electrons. The van der Waals surface area contributed by atoms with Gasteiger partial charge >= 0.3 is 57.4 Å². The molecule has 0 saturated carbocycles. The summed E-state index contributed by atoms with van der Waals surface area (Å²) in [6.45, 7) is 0. The summed E-state index contributed by atoms with van der Waals surface area (Å²) < 4.78 is 4.31. The molecule has 0 aromatic carbocycles. The maximum atomic E-state index is 10.6. The summed E-state index contributed by atoms with van der Waals surface area (Å²) in [5.74, 6) is -0.720. The monoisotopic (exact) mass is 215 g/mol. The van der Waals surface area contributed by atoms with Crippen LogP contribution >= 0.6 is 25.3 Å². The van der Waals surface area contributed by atoms with Gasteiger partial charge in [-0.15, -0.1) is 25.3 Å². The van der Waals surface area contributed by atoms with Crippen molar-refractivity contribution in [3.05, 3.63) is 9.81 Å². The van der Waals surface area contributed by atoms with Crippen LogP contribution in [0.1, 0.15) is 0 Å². The van der Waals surface area contributed by atoms with Crippen molar-refractivity contribution in [3.8, 4) is 6.07 Å². The van der Waals surface area contributed by atoms with Crippen LogP contribution in [0.25, 0.3) is 0 Å². The van der Waals surface area contributed by atoms with E-state index in [2.05, 4.69) is 30.0 Å². The van der Waals surface area contributed by atoms with Gasteiger partial charge in [0.25, 0.3) is 0 Å². The zero-order chi connectivity index (χ0) is 8.15. The Morgan fingerprint density at radius 3 is 2.09 bits per heavy atom. The minimum absolute atomic E-state index is 0. The van der Waals surface area contributed by atoms with Crippen LogP contribution in [0, 0.1) is 11.3 Å². The molecular formula is C5H6KNO2S2. The molecular weight excluding hydrogens is 209 g/mol. The van der Waals surface area contributed by atoms with Crippen LogP contribution < -0.4 is 0 Å². The number of nitrogens with zero attached hydrogens (tertiary/aromatic N) is 1. The van der Waals surface area contributed by atoms with E-state index >= 15 is 0 Å². The van der Waals surface area contributed by atoms with Crippen LogP contribution in [0.15, 0.2) is 9.81 Å². The summed E-state index contributed by atoms with van der Waals surface area (Å²) in [7, 11) is 1.18. The fourth-order valence-electron chi connectivity index (χ4n) is 0.289. The molecule has 11 heavy (non-hydrogen) atoms. The molecule has 0 N–H and O–H groups in total. The Labute approximate surface area is 118 Å². The van der Waals surface area contributed by atoms with E-state index in [4.69, 9.17) is 5.26 Å². The molecule has 0 heterocycles. The number of thiol groups is 2. The molecule has 0 fully saturated rings. The molecule has 0 bridgehead atoms. The van der Waals surface area contributed by atoms with Gasteiger partial charge in [-0.25, -0.2) is 4.79 Å². The third-order valence-electron chi connectivity index (χ3n) is 0.725. The molecule has 0 aliphatic heterocycles. The van der Waals surface area contributed by atoms with Crippen LogP contribution in [-0.2, 0) is 9.53 Å². The minimum atomic E-state index is -0.720. The van der Waals surface area contributed by atoms with E-state index in [-0.39, 0.29) is 61.2 Å². The molecule has 0 rings (SSSR count). The molecule has 0 aromatic heterocycles. The Hall–Kier alpha value is 1.04. The Morgan fingerprint density at radius 1 is 1.55 bits per heavy atom. The van der Waals surface area contributed by atoms with Gasteiger partial charge < -0.3 is 4.74 Å². The molecule has 0 aliphatic carbocycles. The first-order chi connectivity index (χ1) is 4.63. The number of nitriles is 1. The average Bonchev–Trinajstić information content (AvgIpc) is 1.88. The predicted molar refractivity (Wildman–Crippen MR) is 49.8 cm³/mol. The summed E-state index contributed by atoms with van der Waals surface area (Å²) in [6, 6.07) is 1.60. The van der Waals surface area contributed by atoms with Crippen molar-refractivity contribution in [2.45, 2.75) is 0 Å². The van der Waals surface area contributed by atoms with Gasteiger partial charge in [0.1, 0.15) is 6.07 Å². The molecule has 0 aromatic rings. The average molecular weight is 215 g/mol. The third-order valence-corrected chi connectivity index (χ3v) is 1.17. The second-order valence-corrected chi connectivity index (χ2v) is 2.55. The SMILES string of the molecule is COC(=O)C(C#N)=C(S)S.[KH]. The zero-order valence-electron chi connectivity index (χ0n) is 5.16. The molecule has 0 saturated heterocycles. The van der Waals surface area contributed by atoms with Crippen LogP contribution in [0.4, 0.5) is 0 Å². The molecule has 0 atom stereocenters. The summed E-state index contributed by atoms with van der Waals surface area (Å²) >= 11 is 7.37. The molecule has 0 aliphatic rings.